The zero-order valence-corrected chi connectivity index (χ0v) is 12.2. The lowest BCUT2D eigenvalue weighted by molar-refractivity contribution is 0.298. The molecule has 102 valence electrons. The van der Waals surface area contributed by atoms with Crippen LogP contribution in [-0.4, -0.2) is 12.1 Å². The van der Waals surface area contributed by atoms with Crippen LogP contribution in [0, 0.1) is 6.92 Å². The van der Waals surface area contributed by atoms with Crippen LogP contribution in [0.15, 0.2) is 23.6 Å². The molecule has 19 heavy (non-hydrogen) atoms. The maximum absolute atomic E-state index is 5.95. The first-order chi connectivity index (χ1) is 9.10. The van der Waals surface area contributed by atoms with Gasteiger partial charge in [-0.05, 0) is 19.9 Å². The lowest BCUT2D eigenvalue weighted by Crippen LogP contribution is -2.08. The third-order valence-corrected chi connectivity index (χ3v) is 3.67. The molecule has 1 aromatic heterocycles. The van der Waals surface area contributed by atoms with Crippen LogP contribution in [0.2, 0.25) is 0 Å². The number of ether oxygens (including phenoxy) is 2. The molecule has 0 saturated carbocycles. The highest BCUT2D eigenvalue weighted by Gasteiger charge is 2.10. The van der Waals surface area contributed by atoms with E-state index in [1.807, 2.05) is 37.4 Å². The molecular formula is C14H18N2O2S. The molecule has 0 bridgehead atoms. The molecule has 1 atom stereocenters. The van der Waals surface area contributed by atoms with Crippen LogP contribution in [0.1, 0.15) is 29.2 Å². The zero-order chi connectivity index (χ0) is 13.8. The number of aryl methyl sites for hydroxylation is 1. The SMILES string of the molecule is COc1ccc([C@@H](C)N)c(OCc2nc(C)cs2)c1. The van der Waals surface area contributed by atoms with Gasteiger partial charge in [0.15, 0.2) is 0 Å². The number of methoxy groups -OCH3 is 1. The Balaban J connectivity index is 2.17. The van der Waals surface area contributed by atoms with E-state index in [4.69, 9.17) is 15.2 Å². The molecule has 2 N–H and O–H groups in total. The molecule has 0 spiro atoms. The first kappa shape index (κ1) is 13.8. The summed E-state index contributed by atoms with van der Waals surface area (Å²) in [7, 11) is 1.63. The fraction of sp³-hybridized carbons (Fsp3) is 0.357. The maximum Gasteiger partial charge on any atom is 0.140 e. The number of hydrogen-bond acceptors (Lipinski definition) is 5. The van der Waals surface area contributed by atoms with Crippen LogP contribution in [0.25, 0.3) is 0 Å². The molecule has 2 aromatic rings. The van der Waals surface area contributed by atoms with Crippen molar-refractivity contribution < 1.29 is 9.47 Å². The van der Waals surface area contributed by atoms with Crippen molar-refractivity contribution in [2.24, 2.45) is 5.73 Å². The van der Waals surface area contributed by atoms with Gasteiger partial charge in [-0.1, -0.05) is 6.07 Å². The normalized spacial score (nSPS) is 12.2. The average Bonchev–Trinajstić information content (AvgIpc) is 2.81. The summed E-state index contributed by atoms with van der Waals surface area (Å²) in [5.41, 5.74) is 7.93. The Morgan fingerprint density at radius 1 is 1.42 bits per heavy atom. The van der Waals surface area contributed by atoms with Gasteiger partial charge in [0.05, 0.1) is 7.11 Å². The molecule has 1 aromatic carbocycles. The summed E-state index contributed by atoms with van der Waals surface area (Å²) in [5.74, 6) is 1.51. The molecule has 2 rings (SSSR count). The Hall–Kier alpha value is -1.59. The van der Waals surface area contributed by atoms with Gasteiger partial charge in [0, 0.05) is 28.7 Å². The summed E-state index contributed by atoms with van der Waals surface area (Å²) >= 11 is 1.59. The molecule has 0 unspecified atom stereocenters. The molecule has 1 heterocycles. The van der Waals surface area contributed by atoms with E-state index in [1.54, 1.807) is 18.4 Å². The van der Waals surface area contributed by atoms with Crippen molar-refractivity contribution in [1.82, 2.24) is 4.98 Å². The summed E-state index contributed by atoms with van der Waals surface area (Å²) < 4.78 is 11.0. The van der Waals surface area contributed by atoms with Gasteiger partial charge >= 0.3 is 0 Å². The minimum Gasteiger partial charge on any atom is -0.497 e. The van der Waals surface area contributed by atoms with Gasteiger partial charge in [-0.15, -0.1) is 11.3 Å². The second-order valence-corrected chi connectivity index (χ2v) is 5.31. The fourth-order valence-corrected chi connectivity index (χ4v) is 2.43. The second-order valence-electron chi connectivity index (χ2n) is 4.36. The minimum absolute atomic E-state index is 0.0843. The van der Waals surface area contributed by atoms with Crippen LogP contribution >= 0.6 is 11.3 Å². The van der Waals surface area contributed by atoms with Crippen LogP contribution in [0.3, 0.4) is 0 Å². The van der Waals surface area contributed by atoms with E-state index < -0.39 is 0 Å². The van der Waals surface area contributed by atoms with Crippen molar-refractivity contribution in [3.8, 4) is 11.5 Å². The summed E-state index contributed by atoms with van der Waals surface area (Å²) in [6.07, 6.45) is 0. The van der Waals surface area contributed by atoms with Crippen LogP contribution in [0.5, 0.6) is 11.5 Å². The quantitative estimate of drug-likeness (QED) is 0.913. The van der Waals surface area contributed by atoms with E-state index in [9.17, 15) is 0 Å². The van der Waals surface area contributed by atoms with Crippen molar-refractivity contribution in [3.05, 3.63) is 39.8 Å². The largest absolute Gasteiger partial charge is 0.497 e. The lowest BCUT2D eigenvalue weighted by atomic mass is 10.1. The minimum atomic E-state index is -0.0843. The van der Waals surface area contributed by atoms with E-state index in [2.05, 4.69) is 4.98 Å². The first-order valence-corrected chi connectivity index (χ1v) is 6.95. The van der Waals surface area contributed by atoms with Crippen molar-refractivity contribution in [2.75, 3.05) is 7.11 Å². The second kappa shape index (κ2) is 6.04. The van der Waals surface area contributed by atoms with Gasteiger partial charge in [0.25, 0.3) is 0 Å². The summed E-state index contributed by atoms with van der Waals surface area (Å²) in [6.45, 7) is 4.35. The number of nitrogens with two attached hydrogens (primary N) is 1. The summed E-state index contributed by atoms with van der Waals surface area (Å²) in [6, 6.07) is 5.60. The summed E-state index contributed by atoms with van der Waals surface area (Å²) in [5, 5.41) is 2.97. The molecule has 0 amide bonds. The zero-order valence-electron chi connectivity index (χ0n) is 11.3. The monoisotopic (exact) mass is 278 g/mol. The van der Waals surface area contributed by atoms with Gasteiger partial charge in [-0.2, -0.15) is 0 Å². The van der Waals surface area contributed by atoms with Crippen LogP contribution in [0.4, 0.5) is 0 Å². The molecule has 4 nitrogen and oxygen atoms in total. The van der Waals surface area contributed by atoms with Crippen LogP contribution < -0.4 is 15.2 Å². The van der Waals surface area contributed by atoms with Crippen molar-refractivity contribution in [2.45, 2.75) is 26.5 Å². The number of aromatic nitrogens is 1. The number of rotatable bonds is 5. The third-order valence-electron chi connectivity index (χ3n) is 2.73. The molecule has 0 aliphatic rings. The topological polar surface area (TPSA) is 57.4 Å². The van der Waals surface area contributed by atoms with Crippen molar-refractivity contribution >= 4 is 11.3 Å². The first-order valence-electron chi connectivity index (χ1n) is 6.07. The molecule has 0 aliphatic heterocycles. The van der Waals surface area contributed by atoms with E-state index in [0.29, 0.717) is 6.61 Å². The predicted molar refractivity (Wildman–Crippen MR) is 76.8 cm³/mol. The lowest BCUT2D eigenvalue weighted by Gasteiger charge is -2.14. The Morgan fingerprint density at radius 2 is 2.21 bits per heavy atom. The highest BCUT2D eigenvalue weighted by atomic mass is 32.1. The molecule has 0 saturated heterocycles. The number of thiazole rings is 1. The van der Waals surface area contributed by atoms with Gasteiger partial charge in [-0.3, -0.25) is 0 Å². The molecule has 0 radical (unpaired) electrons. The Morgan fingerprint density at radius 3 is 2.79 bits per heavy atom. The van der Waals surface area contributed by atoms with E-state index in [0.717, 1.165) is 27.8 Å². The number of nitrogens with zero attached hydrogens (tertiary/aromatic N) is 1. The van der Waals surface area contributed by atoms with Gasteiger partial charge in [0.1, 0.15) is 23.1 Å². The highest BCUT2D eigenvalue weighted by molar-refractivity contribution is 7.09. The standard InChI is InChI=1S/C14H18N2O2S/c1-9-8-19-14(16-9)7-18-13-6-11(17-3)4-5-12(13)10(2)15/h4-6,8,10H,7,15H2,1-3H3/t10-/m1/s1. The Kier molecular flexibility index (Phi) is 4.39. The molecule has 5 heteroatoms. The van der Waals surface area contributed by atoms with Crippen molar-refractivity contribution in [3.63, 3.8) is 0 Å². The molecule has 0 fully saturated rings. The van der Waals surface area contributed by atoms with Gasteiger partial charge in [0.2, 0.25) is 0 Å². The fourth-order valence-electron chi connectivity index (χ4n) is 1.75. The third kappa shape index (κ3) is 3.45. The number of benzene rings is 1. The average molecular weight is 278 g/mol. The van der Waals surface area contributed by atoms with Crippen LogP contribution in [-0.2, 0) is 6.61 Å². The molecule has 0 aliphatic carbocycles. The van der Waals surface area contributed by atoms with E-state index in [-0.39, 0.29) is 6.04 Å². The molecular weight excluding hydrogens is 260 g/mol. The van der Waals surface area contributed by atoms with E-state index in [1.165, 1.54) is 0 Å². The summed E-state index contributed by atoms with van der Waals surface area (Å²) in [4.78, 5) is 4.37. The Labute approximate surface area is 117 Å². The van der Waals surface area contributed by atoms with Crippen molar-refractivity contribution in [1.29, 1.82) is 0 Å². The van der Waals surface area contributed by atoms with E-state index >= 15 is 0 Å². The highest BCUT2D eigenvalue weighted by Crippen LogP contribution is 2.29. The number of hydrogen-bond donors (Lipinski definition) is 1. The predicted octanol–water partition coefficient (Wildman–Crippen LogP) is 3.06. The smallest absolute Gasteiger partial charge is 0.140 e. The van der Waals surface area contributed by atoms with Gasteiger partial charge in [-0.25, -0.2) is 4.98 Å². The van der Waals surface area contributed by atoms with Gasteiger partial charge < -0.3 is 15.2 Å². The maximum atomic E-state index is 5.95. The Bertz CT molecular complexity index is 552.